The highest BCUT2D eigenvalue weighted by molar-refractivity contribution is 5.92. The number of hydrogen-bond acceptors (Lipinski definition) is 5. The predicted octanol–water partition coefficient (Wildman–Crippen LogP) is 4.10. The van der Waals surface area contributed by atoms with Gasteiger partial charge >= 0.3 is 6.18 Å². The zero-order chi connectivity index (χ0) is 27.7. The average Bonchev–Trinajstić information content (AvgIpc) is 3.55. The van der Waals surface area contributed by atoms with E-state index in [9.17, 15) is 22.8 Å². The van der Waals surface area contributed by atoms with Gasteiger partial charge in [0.2, 0.25) is 5.91 Å². The Hall–Kier alpha value is -3.44. The molecule has 0 radical (unpaired) electrons. The molecule has 12 heteroatoms. The first-order valence-electron chi connectivity index (χ1n) is 13.6. The number of imidazole rings is 1. The summed E-state index contributed by atoms with van der Waals surface area (Å²) in [5.41, 5.74) is 2.24. The quantitative estimate of drug-likeness (QED) is 0.465. The zero-order valence-electron chi connectivity index (χ0n) is 22.1. The third-order valence-corrected chi connectivity index (χ3v) is 8.16. The van der Waals surface area contributed by atoms with E-state index in [2.05, 4.69) is 27.8 Å². The average molecular weight is 546 g/mol. The van der Waals surface area contributed by atoms with Gasteiger partial charge in [0, 0.05) is 31.6 Å². The fraction of sp³-hybridized carbons (Fsp3) is 0.593. The van der Waals surface area contributed by atoms with Crippen LogP contribution in [-0.2, 0) is 17.8 Å². The fourth-order valence-corrected chi connectivity index (χ4v) is 5.82. The topological polar surface area (TPSA) is 106 Å². The molecule has 1 unspecified atom stereocenters. The van der Waals surface area contributed by atoms with Crippen molar-refractivity contribution in [3.05, 3.63) is 47.7 Å². The maximum Gasteiger partial charge on any atom is 0.393 e. The Labute approximate surface area is 224 Å². The molecular formula is C27H34F3N7O2. The number of hydrogen-bond donors (Lipinski definition) is 2. The van der Waals surface area contributed by atoms with E-state index in [-0.39, 0.29) is 43.2 Å². The molecule has 9 nitrogen and oxygen atoms in total. The Morgan fingerprint density at radius 3 is 2.69 bits per heavy atom. The number of carbonyl (C=O) groups excluding carboxylic acids is 2. The van der Waals surface area contributed by atoms with E-state index in [1.165, 1.54) is 0 Å². The van der Waals surface area contributed by atoms with Crippen molar-refractivity contribution >= 4 is 17.5 Å². The van der Waals surface area contributed by atoms with Crippen LogP contribution in [0.15, 0.2) is 30.6 Å². The summed E-state index contributed by atoms with van der Waals surface area (Å²) < 4.78 is 43.0. The van der Waals surface area contributed by atoms with Crippen molar-refractivity contribution < 1.29 is 22.8 Å². The van der Waals surface area contributed by atoms with Crippen molar-refractivity contribution in [3.63, 3.8) is 0 Å². The van der Waals surface area contributed by atoms with Crippen LogP contribution in [0.5, 0.6) is 0 Å². The SMILES string of the molecule is CCn1nccc1C(=O)N[C@H](c1cn2nc(CC3C[C@@H](C(F)(F)F)CNC3=O)ccc2n1)C1CCC(C)CC1. The lowest BCUT2D eigenvalue weighted by Gasteiger charge is -2.32. The Morgan fingerprint density at radius 1 is 1.21 bits per heavy atom. The van der Waals surface area contributed by atoms with Crippen LogP contribution in [-0.4, -0.2) is 48.9 Å². The van der Waals surface area contributed by atoms with Crippen LogP contribution in [0.25, 0.3) is 5.65 Å². The van der Waals surface area contributed by atoms with Crippen LogP contribution < -0.4 is 10.6 Å². The third-order valence-electron chi connectivity index (χ3n) is 8.16. The van der Waals surface area contributed by atoms with E-state index >= 15 is 0 Å². The molecule has 1 saturated carbocycles. The Morgan fingerprint density at radius 2 is 1.97 bits per heavy atom. The summed E-state index contributed by atoms with van der Waals surface area (Å²) in [7, 11) is 0. The lowest BCUT2D eigenvalue weighted by atomic mass is 9.78. The highest BCUT2D eigenvalue weighted by atomic mass is 19.4. The predicted molar refractivity (Wildman–Crippen MR) is 137 cm³/mol. The molecule has 2 amide bonds. The van der Waals surface area contributed by atoms with Crippen LogP contribution >= 0.6 is 0 Å². The monoisotopic (exact) mass is 545 g/mol. The number of nitrogens with one attached hydrogen (secondary N) is 2. The molecule has 0 spiro atoms. The van der Waals surface area contributed by atoms with Gasteiger partial charge in [-0.1, -0.05) is 19.8 Å². The van der Waals surface area contributed by atoms with Crippen molar-refractivity contribution in [3.8, 4) is 0 Å². The molecule has 2 N–H and O–H groups in total. The summed E-state index contributed by atoms with van der Waals surface area (Å²) in [4.78, 5) is 30.3. The van der Waals surface area contributed by atoms with Crippen molar-refractivity contribution in [2.45, 2.75) is 71.1 Å². The number of piperidine rings is 1. The van der Waals surface area contributed by atoms with Gasteiger partial charge < -0.3 is 10.6 Å². The molecule has 39 heavy (non-hydrogen) atoms. The minimum atomic E-state index is -4.35. The van der Waals surface area contributed by atoms with Crippen molar-refractivity contribution in [1.29, 1.82) is 0 Å². The molecule has 0 bridgehead atoms. The number of aryl methyl sites for hydroxylation is 1. The van der Waals surface area contributed by atoms with Crippen molar-refractivity contribution in [1.82, 2.24) is 35.0 Å². The van der Waals surface area contributed by atoms with Crippen LogP contribution in [0.4, 0.5) is 13.2 Å². The van der Waals surface area contributed by atoms with E-state index < -0.39 is 18.0 Å². The lowest BCUT2D eigenvalue weighted by molar-refractivity contribution is -0.183. The summed E-state index contributed by atoms with van der Waals surface area (Å²) in [5, 5.41) is 14.4. The highest BCUT2D eigenvalue weighted by Crippen LogP contribution is 2.37. The minimum Gasteiger partial charge on any atom is -0.355 e. The molecule has 1 saturated heterocycles. The molecule has 210 valence electrons. The number of carbonyl (C=O) groups is 2. The zero-order valence-corrected chi connectivity index (χ0v) is 22.1. The molecule has 2 aliphatic rings. The van der Waals surface area contributed by atoms with Gasteiger partial charge in [-0.2, -0.15) is 23.4 Å². The van der Waals surface area contributed by atoms with Gasteiger partial charge in [-0.15, -0.1) is 0 Å². The first kappa shape index (κ1) is 27.1. The molecule has 4 heterocycles. The van der Waals surface area contributed by atoms with Gasteiger partial charge in [-0.05, 0) is 56.2 Å². The molecular weight excluding hydrogens is 511 g/mol. The summed E-state index contributed by atoms with van der Waals surface area (Å²) in [6.45, 7) is 4.35. The van der Waals surface area contributed by atoms with Gasteiger partial charge in [0.05, 0.1) is 29.5 Å². The first-order chi connectivity index (χ1) is 18.6. The number of aromatic nitrogens is 5. The Bertz CT molecular complexity index is 1330. The Kier molecular flexibility index (Phi) is 7.64. The van der Waals surface area contributed by atoms with Crippen LogP contribution in [0.1, 0.15) is 73.9 Å². The molecule has 0 aromatic carbocycles. The second-order valence-electron chi connectivity index (χ2n) is 10.9. The second kappa shape index (κ2) is 11.0. The van der Waals surface area contributed by atoms with Gasteiger partial charge in [0.25, 0.3) is 5.91 Å². The lowest BCUT2D eigenvalue weighted by Crippen LogP contribution is -2.47. The molecule has 5 rings (SSSR count). The first-order valence-corrected chi connectivity index (χ1v) is 13.6. The van der Waals surface area contributed by atoms with Crippen molar-refractivity contribution in [2.24, 2.45) is 23.7 Å². The van der Waals surface area contributed by atoms with E-state index in [1.54, 1.807) is 39.8 Å². The van der Waals surface area contributed by atoms with Crippen LogP contribution in [0.3, 0.4) is 0 Å². The second-order valence-corrected chi connectivity index (χ2v) is 10.9. The van der Waals surface area contributed by atoms with E-state index in [4.69, 9.17) is 4.98 Å². The Balaban J connectivity index is 1.38. The highest BCUT2D eigenvalue weighted by Gasteiger charge is 2.44. The molecule has 1 aliphatic carbocycles. The standard InChI is InChI=1S/C27H34F3N7O2/c1-3-36-22(10-11-32-36)26(39)34-24(17-6-4-16(2)5-7-17)21-15-37-23(33-21)9-8-20(35-37)13-18-12-19(27(28,29)30)14-31-25(18)38/h8-11,15-19,24H,3-7,12-14H2,1-2H3,(H,31,38)(H,34,39)/t16?,17?,18?,19-,24+/m1/s1. The largest absolute Gasteiger partial charge is 0.393 e. The minimum absolute atomic E-state index is 0.101. The molecule has 2 fully saturated rings. The van der Waals surface area contributed by atoms with Crippen LogP contribution in [0.2, 0.25) is 0 Å². The number of halogens is 3. The third kappa shape index (κ3) is 5.94. The van der Waals surface area contributed by atoms with Gasteiger partial charge in [0.1, 0.15) is 5.69 Å². The number of fused-ring (bicyclic) bond motifs is 1. The van der Waals surface area contributed by atoms with Gasteiger partial charge in [-0.25, -0.2) is 9.50 Å². The van der Waals surface area contributed by atoms with Gasteiger partial charge in [-0.3, -0.25) is 14.3 Å². The summed E-state index contributed by atoms with van der Waals surface area (Å²) in [5.74, 6) is -2.12. The maximum atomic E-state index is 13.3. The molecule has 1 aliphatic heterocycles. The molecule has 3 atom stereocenters. The molecule has 3 aromatic rings. The maximum absolute atomic E-state index is 13.3. The number of amides is 2. The van der Waals surface area contributed by atoms with Crippen molar-refractivity contribution in [2.75, 3.05) is 6.54 Å². The van der Waals surface area contributed by atoms with E-state index in [0.717, 1.165) is 25.7 Å². The number of nitrogens with zero attached hydrogens (tertiary/aromatic N) is 5. The normalized spacial score (nSPS) is 24.9. The summed E-state index contributed by atoms with van der Waals surface area (Å²) >= 11 is 0. The smallest absolute Gasteiger partial charge is 0.355 e. The van der Waals surface area contributed by atoms with E-state index in [1.807, 2.05) is 6.92 Å². The van der Waals surface area contributed by atoms with E-state index in [0.29, 0.717) is 35.2 Å². The molecule has 3 aromatic heterocycles. The fourth-order valence-electron chi connectivity index (χ4n) is 5.82. The van der Waals surface area contributed by atoms with Gasteiger partial charge in [0.15, 0.2) is 5.65 Å². The van der Waals surface area contributed by atoms with Crippen LogP contribution in [0, 0.1) is 23.7 Å². The summed E-state index contributed by atoms with van der Waals surface area (Å²) in [6.07, 6.45) is 2.94. The number of rotatable bonds is 7. The number of alkyl halides is 3. The summed E-state index contributed by atoms with van der Waals surface area (Å²) in [6, 6.07) is 4.82.